The lowest BCUT2D eigenvalue weighted by Gasteiger charge is -2.33. The summed E-state index contributed by atoms with van der Waals surface area (Å²) >= 11 is 1.81. The van der Waals surface area contributed by atoms with Gasteiger partial charge in [0.15, 0.2) is 0 Å². The summed E-state index contributed by atoms with van der Waals surface area (Å²) in [6.45, 7) is 8.67. The molecule has 0 radical (unpaired) electrons. The second-order valence-electron chi connectivity index (χ2n) is 7.91. The maximum absolute atomic E-state index is 4.84. The minimum Gasteiger partial charge on any atom is -0.354 e. The SMILES string of the molecule is CCCCCCc1csc2c1c(C)nn2-c1ccc(N2CCN(C)CC2)nc1. The van der Waals surface area contributed by atoms with E-state index in [-0.39, 0.29) is 0 Å². The van der Waals surface area contributed by atoms with Crippen molar-refractivity contribution in [2.24, 2.45) is 0 Å². The van der Waals surface area contributed by atoms with Gasteiger partial charge in [-0.3, -0.25) is 0 Å². The zero-order valence-electron chi connectivity index (χ0n) is 17.3. The minimum atomic E-state index is 1.04. The third kappa shape index (κ3) is 3.94. The topological polar surface area (TPSA) is 37.2 Å². The van der Waals surface area contributed by atoms with Crippen LogP contribution in [-0.2, 0) is 6.42 Å². The van der Waals surface area contributed by atoms with Crippen LogP contribution in [0, 0.1) is 6.92 Å². The molecule has 0 aliphatic carbocycles. The largest absolute Gasteiger partial charge is 0.354 e. The number of anilines is 1. The monoisotopic (exact) mass is 397 g/mol. The molecule has 0 saturated carbocycles. The molecule has 1 aliphatic rings. The van der Waals surface area contributed by atoms with E-state index >= 15 is 0 Å². The van der Waals surface area contributed by atoms with E-state index in [1.54, 1.807) is 0 Å². The van der Waals surface area contributed by atoms with Gasteiger partial charge in [-0.1, -0.05) is 26.2 Å². The highest BCUT2D eigenvalue weighted by Gasteiger charge is 2.17. The van der Waals surface area contributed by atoms with E-state index in [9.17, 15) is 0 Å². The third-order valence-corrected chi connectivity index (χ3v) is 6.76. The first kappa shape index (κ1) is 19.4. The van der Waals surface area contributed by atoms with Crippen molar-refractivity contribution < 1.29 is 0 Å². The van der Waals surface area contributed by atoms with Gasteiger partial charge in [-0.2, -0.15) is 5.10 Å². The average molecular weight is 398 g/mol. The predicted octanol–water partition coefficient (Wildman–Crippen LogP) is 4.67. The maximum Gasteiger partial charge on any atom is 0.128 e. The molecule has 0 spiro atoms. The Morgan fingerprint density at radius 2 is 1.89 bits per heavy atom. The Kier molecular flexibility index (Phi) is 5.97. The number of nitrogens with zero attached hydrogens (tertiary/aromatic N) is 5. The second kappa shape index (κ2) is 8.62. The lowest BCUT2D eigenvalue weighted by Crippen LogP contribution is -2.44. The second-order valence-corrected chi connectivity index (χ2v) is 8.77. The summed E-state index contributed by atoms with van der Waals surface area (Å²) in [6.07, 6.45) is 8.33. The van der Waals surface area contributed by atoms with Crippen LogP contribution >= 0.6 is 11.3 Å². The molecule has 1 fully saturated rings. The lowest BCUT2D eigenvalue weighted by molar-refractivity contribution is 0.312. The number of hydrogen-bond donors (Lipinski definition) is 0. The molecule has 28 heavy (non-hydrogen) atoms. The number of hydrogen-bond acceptors (Lipinski definition) is 5. The van der Waals surface area contributed by atoms with Crippen LogP contribution in [0.25, 0.3) is 15.9 Å². The van der Waals surface area contributed by atoms with Crippen LogP contribution in [0.1, 0.15) is 43.9 Å². The molecule has 0 bridgehead atoms. The van der Waals surface area contributed by atoms with E-state index in [4.69, 9.17) is 10.1 Å². The fourth-order valence-electron chi connectivity index (χ4n) is 4.00. The van der Waals surface area contributed by atoms with Crippen molar-refractivity contribution in [3.05, 3.63) is 35.0 Å². The van der Waals surface area contributed by atoms with Gasteiger partial charge in [0.2, 0.25) is 0 Å². The highest BCUT2D eigenvalue weighted by atomic mass is 32.1. The van der Waals surface area contributed by atoms with Crippen LogP contribution in [-0.4, -0.2) is 52.9 Å². The summed E-state index contributed by atoms with van der Waals surface area (Å²) in [5, 5.41) is 8.52. The minimum absolute atomic E-state index is 1.04. The predicted molar refractivity (Wildman–Crippen MR) is 119 cm³/mol. The van der Waals surface area contributed by atoms with Crippen LogP contribution in [0.4, 0.5) is 5.82 Å². The van der Waals surface area contributed by atoms with E-state index in [0.29, 0.717) is 0 Å². The molecule has 4 heterocycles. The molecule has 1 aliphatic heterocycles. The molecule has 5 nitrogen and oxygen atoms in total. The van der Waals surface area contributed by atoms with Gasteiger partial charge in [-0.25, -0.2) is 9.67 Å². The Balaban J connectivity index is 1.53. The number of pyridine rings is 1. The number of aromatic nitrogens is 3. The van der Waals surface area contributed by atoms with E-state index in [0.717, 1.165) is 49.8 Å². The maximum atomic E-state index is 4.84. The summed E-state index contributed by atoms with van der Waals surface area (Å²) in [6, 6.07) is 4.30. The van der Waals surface area contributed by atoms with Crippen LogP contribution in [0.2, 0.25) is 0 Å². The average Bonchev–Trinajstić information content (AvgIpc) is 3.28. The van der Waals surface area contributed by atoms with Crippen molar-refractivity contribution >= 4 is 27.4 Å². The summed E-state index contributed by atoms with van der Waals surface area (Å²) in [4.78, 5) is 10.7. The van der Waals surface area contributed by atoms with Crippen molar-refractivity contribution in [1.29, 1.82) is 0 Å². The van der Waals surface area contributed by atoms with Gasteiger partial charge in [0.1, 0.15) is 10.6 Å². The van der Waals surface area contributed by atoms with E-state index in [1.165, 1.54) is 41.5 Å². The standard InChI is InChI=1S/C22H31N5S/c1-4-5-6-7-8-18-16-28-22-21(18)17(2)24-27(22)19-9-10-20(23-15-19)26-13-11-25(3)12-14-26/h9-10,15-16H,4-8,11-14H2,1-3H3. The first-order chi connectivity index (χ1) is 13.7. The normalized spacial score (nSPS) is 15.6. The molecular weight excluding hydrogens is 366 g/mol. The fourth-order valence-corrected chi connectivity index (χ4v) is 5.13. The smallest absolute Gasteiger partial charge is 0.128 e. The Hall–Kier alpha value is -1.92. The summed E-state index contributed by atoms with van der Waals surface area (Å²) in [5.41, 5.74) is 3.64. The highest BCUT2D eigenvalue weighted by Crippen LogP contribution is 2.32. The third-order valence-electron chi connectivity index (χ3n) is 5.76. The lowest BCUT2D eigenvalue weighted by atomic mass is 10.1. The molecule has 150 valence electrons. The van der Waals surface area contributed by atoms with E-state index in [2.05, 4.69) is 52.9 Å². The molecule has 4 rings (SSSR count). The van der Waals surface area contributed by atoms with Gasteiger partial charge in [0, 0.05) is 31.6 Å². The molecule has 0 N–H and O–H groups in total. The number of likely N-dealkylation sites (N-methyl/N-ethyl adjacent to an activating group) is 1. The number of unbranched alkanes of at least 4 members (excludes halogenated alkanes) is 3. The van der Waals surface area contributed by atoms with Crippen LogP contribution in [0.15, 0.2) is 23.7 Å². The van der Waals surface area contributed by atoms with Crippen molar-refractivity contribution in [2.45, 2.75) is 46.0 Å². The fraction of sp³-hybridized carbons (Fsp3) is 0.545. The molecule has 3 aromatic heterocycles. The number of thiophene rings is 1. The van der Waals surface area contributed by atoms with Gasteiger partial charge in [0.05, 0.1) is 17.6 Å². The Morgan fingerprint density at radius 3 is 2.61 bits per heavy atom. The van der Waals surface area contributed by atoms with E-state index in [1.807, 2.05) is 17.5 Å². The summed E-state index contributed by atoms with van der Waals surface area (Å²) in [5.74, 6) is 1.07. The molecule has 0 atom stereocenters. The number of piperazine rings is 1. The van der Waals surface area contributed by atoms with Gasteiger partial charge in [-0.05, 0) is 49.9 Å². The van der Waals surface area contributed by atoms with Crippen LogP contribution in [0.5, 0.6) is 0 Å². The number of aryl methyl sites for hydroxylation is 2. The van der Waals surface area contributed by atoms with Crippen LogP contribution < -0.4 is 4.90 Å². The Labute approximate surface area is 172 Å². The number of rotatable bonds is 7. The van der Waals surface area contributed by atoms with Crippen molar-refractivity contribution in [3.63, 3.8) is 0 Å². The van der Waals surface area contributed by atoms with Gasteiger partial charge in [-0.15, -0.1) is 11.3 Å². The van der Waals surface area contributed by atoms with Crippen molar-refractivity contribution in [2.75, 3.05) is 38.1 Å². The van der Waals surface area contributed by atoms with Crippen molar-refractivity contribution in [3.8, 4) is 5.69 Å². The molecular formula is C22H31N5S. The zero-order chi connectivity index (χ0) is 19.5. The molecule has 1 saturated heterocycles. The van der Waals surface area contributed by atoms with Gasteiger partial charge >= 0.3 is 0 Å². The Morgan fingerprint density at radius 1 is 1.07 bits per heavy atom. The van der Waals surface area contributed by atoms with Crippen LogP contribution in [0.3, 0.4) is 0 Å². The van der Waals surface area contributed by atoms with Crippen molar-refractivity contribution in [1.82, 2.24) is 19.7 Å². The van der Waals surface area contributed by atoms with E-state index < -0.39 is 0 Å². The zero-order valence-corrected chi connectivity index (χ0v) is 18.1. The first-order valence-corrected chi connectivity index (χ1v) is 11.4. The number of fused-ring (bicyclic) bond motifs is 1. The molecule has 6 heteroatoms. The first-order valence-electron chi connectivity index (χ1n) is 10.5. The molecule has 0 amide bonds. The molecule has 0 unspecified atom stereocenters. The summed E-state index contributed by atoms with van der Waals surface area (Å²) < 4.78 is 2.08. The molecule has 3 aromatic rings. The summed E-state index contributed by atoms with van der Waals surface area (Å²) in [7, 11) is 2.18. The van der Waals surface area contributed by atoms with Gasteiger partial charge in [0.25, 0.3) is 0 Å². The quantitative estimate of drug-likeness (QED) is 0.543. The molecule has 0 aromatic carbocycles. The Bertz CT molecular complexity index is 903. The highest BCUT2D eigenvalue weighted by molar-refractivity contribution is 7.17. The van der Waals surface area contributed by atoms with Gasteiger partial charge < -0.3 is 9.80 Å².